The molecule has 0 aromatic heterocycles. The van der Waals surface area contributed by atoms with Crippen molar-refractivity contribution in [2.75, 3.05) is 0 Å². The van der Waals surface area contributed by atoms with Crippen molar-refractivity contribution < 1.29 is 43.6 Å². The van der Waals surface area contributed by atoms with Gasteiger partial charge in [-0.05, 0) is 93.5 Å². The summed E-state index contributed by atoms with van der Waals surface area (Å²) in [5, 5.41) is 31.8. The summed E-state index contributed by atoms with van der Waals surface area (Å²) in [5.41, 5.74) is -5.82. The Balaban J connectivity index is 1.27. The van der Waals surface area contributed by atoms with Crippen LogP contribution in [0.5, 0.6) is 17.2 Å². The topological polar surface area (TPSA) is 130 Å². The van der Waals surface area contributed by atoms with Crippen LogP contribution in [0.15, 0.2) is 66.3 Å². The lowest BCUT2D eigenvalue weighted by Gasteiger charge is -2.62. The number of fused-ring (bicyclic) bond motifs is 5. The summed E-state index contributed by atoms with van der Waals surface area (Å²) in [5.74, 6) is -2.95. The number of carbonyl (C=O) groups excluding carboxylic acids is 2. The Morgan fingerprint density at radius 2 is 1.74 bits per heavy atom. The Morgan fingerprint density at radius 3 is 2.42 bits per heavy atom. The fourth-order valence-electron chi connectivity index (χ4n) is 8.32. The van der Waals surface area contributed by atoms with E-state index in [-0.39, 0.29) is 35.0 Å². The van der Waals surface area contributed by atoms with Gasteiger partial charge < -0.3 is 24.8 Å². The van der Waals surface area contributed by atoms with E-state index in [1.54, 1.807) is 19.9 Å². The fraction of sp³-hybridized carbons (Fsp3) is 0.424. The van der Waals surface area contributed by atoms with Gasteiger partial charge in [-0.15, -0.1) is 0 Å². The van der Waals surface area contributed by atoms with Crippen molar-refractivity contribution >= 4 is 29.3 Å². The van der Waals surface area contributed by atoms with Gasteiger partial charge in [0.1, 0.15) is 17.2 Å². The average Bonchev–Trinajstić information content (AvgIpc) is 3.24. The summed E-state index contributed by atoms with van der Waals surface area (Å²) in [7, 11) is 0. The van der Waals surface area contributed by atoms with Crippen LogP contribution in [0.1, 0.15) is 56.3 Å². The molecule has 0 aliphatic heterocycles. The fourth-order valence-corrected chi connectivity index (χ4v) is 8.50. The first kappa shape index (κ1) is 29.4. The zero-order valence-electron chi connectivity index (χ0n) is 23.7. The summed E-state index contributed by atoms with van der Waals surface area (Å²) >= 11 is 5.93. The zero-order chi connectivity index (χ0) is 30.9. The highest BCUT2D eigenvalue weighted by atomic mass is 35.5. The molecule has 0 saturated heterocycles. The maximum Gasteiger partial charge on any atom is 0.348 e. The van der Waals surface area contributed by atoms with E-state index in [1.807, 2.05) is 0 Å². The molecule has 0 radical (unpaired) electrons. The summed E-state index contributed by atoms with van der Waals surface area (Å²) in [6.07, 6.45) is 3.63. The number of aliphatic hydroxyl groups excluding tert-OH is 1. The third-order valence-corrected chi connectivity index (χ3v) is 10.9. The molecule has 2 aromatic carbocycles. The molecule has 6 rings (SSSR count). The Labute approximate surface area is 252 Å². The van der Waals surface area contributed by atoms with Gasteiger partial charge >= 0.3 is 11.9 Å². The quantitative estimate of drug-likeness (QED) is 0.342. The number of ketones is 1. The van der Waals surface area contributed by atoms with E-state index in [0.717, 1.165) is 0 Å². The smallest absolute Gasteiger partial charge is 0.348 e. The second kappa shape index (κ2) is 9.92. The largest absolute Gasteiger partial charge is 0.506 e. The van der Waals surface area contributed by atoms with Gasteiger partial charge in [-0.25, -0.2) is 14.0 Å². The van der Waals surface area contributed by atoms with E-state index in [2.05, 4.69) is 0 Å². The predicted molar refractivity (Wildman–Crippen MR) is 154 cm³/mol. The van der Waals surface area contributed by atoms with Crippen LogP contribution in [-0.4, -0.2) is 50.4 Å². The van der Waals surface area contributed by atoms with E-state index in [0.29, 0.717) is 36.3 Å². The number of benzene rings is 2. The second-order valence-electron chi connectivity index (χ2n) is 12.6. The number of hydrogen-bond donors (Lipinski definition) is 3. The first-order chi connectivity index (χ1) is 20.2. The van der Waals surface area contributed by atoms with Crippen LogP contribution in [0.25, 0.3) is 0 Å². The standard InChI is InChI=1S/C33H32ClFO8/c1-30-13-11-20(36)15-19(30)5-9-24-23-12-14-32(29(40)41,31(23,2)17-27(38)33(24,30)35)43-28(39)18-3-6-21(7-4-18)42-22-8-10-26(37)25(34)16-22/h3-4,6-8,10-11,13,15-16,23-24,27,37-38H,5,9,12,14,17H2,1-2H3,(H,40,41)/t23-,24-,27-,30-,31-,32+,33?/m0/s1. The van der Waals surface area contributed by atoms with Crippen LogP contribution in [0.2, 0.25) is 5.02 Å². The Bertz CT molecular complexity index is 1590. The van der Waals surface area contributed by atoms with E-state index < -0.39 is 52.0 Å². The number of aliphatic carboxylic acids is 1. The number of esters is 1. The number of carboxylic acid groups (broad SMARTS) is 1. The molecular weight excluding hydrogens is 579 g/mol. The number of allylic oxidation sites excluding steroid dienone is 4. The second-order valence-corrected chi connectivity index (χ2v) is 13.0. The van der Waals surface area contributed by atoms with Gasteiger partial charge in [-0.3, -0.25) is 4.79 Å². The summed E-state index contributed by atoms with van der Waals surface area (Å²) in [6.45, 7) is 3.38. The number of aliphatic hydroxyl groups is 1. The normalized spacial score (nSPS) is 36.2. The van der Waals surface area contributed by atoms with E-state index >= 15 is 4.39 Å². The summed E-state index contributed by atoms with van der Waals surface area (Å²) < 4.78 is 28.9. The summed E-state index contributed by atoms with van der Waals surface area (Å²) in [4.78, 5) is 38.5. The van der Waals surface area contributed by atoms with Crippen molar-refractivity contribution in [1.82, 2.24) is 0 Å². The highest BCUT2D eigenvalue weighted by Crippen LogP contribution is 2.70. The number of aromatic hydroxyl groups is 1. The minimum Gasteiger partial charge on any atom is -0.506 e. The maximum atomic E-state index is 17.3. The van der Waals surface area contributed by atoms with Crippen molar-refractivity contribution in [1.29, 1.82) is 0 Å². The molecule has 8 nitrogen and oxygen atoms in total. The molecule has 2 aromatic rings. The Kier molecular flexibility index (Phi) is 6.78. The van der Waals surface area contributed by atoms with Crippen molar-refractivity contribution in [2.45, 2.75) is 63.3 Å². The van der Waals surface area contributed by atoms with E-state index in [1.165, 1.54) is 54.6 Å². The Hall–Kier alpha value is -3.69. The van der Waals surface area contributed by atoms with Gasteiger partial charge in [-0.2, -0.15) is 0 Å². The SMILES string of the molecule is C[C@]12C=CC(=O)C=C1CC[C@H]1[C@@H]3CC[C@@](OC(=O)c4ccc(Oc5ccc(O)c(Cl)c5)cc4)(C(=O)O)[C@@]3(C)C[C@H](O)C12F. The lowest BCUT2D eigenvalue weighted by Crippen LogP contribution is -2.69. The number of halogens is 2. The lowest BCUT2D eigenvalue weighted by molar-refractivity contribution is -0.222. The first-order valence-corrected chi connectivity index (χ1v) is 14.7. The number of carbonyl (C=O) groups is 3. The maximum absolute atomic E-state index is 17.3. The first-order valence-electron chi connectivity index (χ1n) is 14.3. The van der Waals surface area contributed by atoms with Gasteiger partial charge in [0, 0.05) is 22.8 Å². The van der Waals surface area contributed by atoms with E-state index in [4.69, 9.17) is 21.1 Å². The molecule has 0 amide bonds. The number of hydrogen-bond acceptors (Lipinski definition) is 7. The highest BCUT2D eigenvalue weighted by Gasteiger charge is 2.76. The molecule has 3 saturated carbocycles. The molecule has 10 heteroatoms. The van der Waals surface area contributed by atoms with Crippen LogP contribution < -0.4 is 4.74 Å². The average molecular weight is 611 g/mol. The van der Waals surface area contributed by atoms with Crippen molar-refractivity contribution in [3.8, 4) is 17.2 Å². The molecule has 226 valence electrons. The van der Waals surface area contributed by atoms with Crippen molar-refractivity contribution in [3.63, 3.8) is 0 Å². The van der Waals surface area contributed by atoms with Gasteiger partial charge in [0.25, 0.3) is 0 Å². The molecule has 3 fully saturated rings. The molecule has 0 spiro atoms. The molecule has 4 aliphatic carbocycles. The number of ether oxygens (including phenoxy) is 2. The molecular formula is C33H32ClFO8. The molecule has 7 atom stereocenters. The minimum atomic E-state index is -2.12. The van der Waals surface area contributed by atoms with Crippen LogP contribution in [0.3, 0.4) is 0 Å². The van der Waals surface area contributed by atoms with E-state index in [9.17, 15) is 29.7 Å². The van der Waals surface area contributed by atoms with Crippen LogP contribution in [0.4, 0.5) is 4.39 Å². The van der Waals surface area contributed by atoms with Crippen molar-refractivity contribution in [3.05, 3.63) is 76.9 Å². The van der Waals surface area contributed by atoms with Gasteiger partial charge in [-0.1, -0.05) is 30.2 Å². The monoisotopic (exact) mass is 610 g/mol. The Morgan fingerprint density at radius 1 is 1.05 bits per heavy atom. The molecule has 1 unspecified atom stereocenters. The molecule has 3 N–H and O–H groups in total. The number of rotatable bonds is 5. The zero-order valence-corrected chi connectivity index (χ0v) is 24.4. The van der Waals surface area contributed by atoms with Crippen LogP contribution >= 0.6 is 11.6 Å². The number of carboxylic acids is 1. The number of alkyl halides is 1. The lowest BCUT2D eigenvalue weighted by atomic mass is 9.45. The van der Waals surface area contributed by atoms with Crippen molar-refractivity contribution in [2.24, 2.45) is 22.7 Å². The highest BCUT2D eigenvalue weighted by molar-refractivity contribution is 6.32. The van der Waals surface area contributed by atoms with Gasteiger partial charge in [0.15, 0.2) is 11.5 Å². The van der Waals surface area contributed by atoms with Gasteiger partial charge in [0.2, 0.25) is 5.60 Å². The van der Waals surface area contributed by atoms with Crippen LogP contribution in [0, 0.1) is 22.7 Å². The summed E-state index contributed by atoms with van der Waals surface area (Å²) in [6, 6.07) is 10.3. The molecule has 0 bridgehead atoms. The number of phenolic OH excluding ortho intramolecular Hbond substituents is 1. The molecule has 0 heterocycles. The minimum absolute atomic E-state index is 0.0227. The molecule has 4 aliphatic rings. The van der Waals surface area contributed by atoms with Crippen LogP contribution in [-0.2, 0) is 14.3 Å². The number of phenols is 1. The third-order valence-electron chi connectivity index (χ3n) is 10.6. The predicted octanol–water partition coefficient (Wildman–Crippen LogP) is 6.19. The third kappa shape index (κ3) is 4.15. The van der Waals surface area contributed by atoms with Gasteiger partial charge in [0.05, 0.1) is 16.7 Å². The molecule has 43 heavy (non-hydrogen) atoms.